The number of carbonyl (C=O) groups is 1. The van der Waals surface area contributed by atoms with Crippen molar-refractivity contribution in [1.29, 1.82) is 0 Å². The van der Waals surface area contributed by atoms with Gasteiger partial charge in [0.2, 0.25) is 5.91 Å². The third-order valence-electron chi connectivity index (χ3n) is 3.91. The van der Waals surface area contributed by atoms with Gasteiger partial charge >= 0.3 is 0 Å². The summed E-state index contributed by atoms with van der Waals surface area (Å²) in [5, 5.41) is 2.82. The highest BCUT2D eigenvalue weighted by atomic mass is 19.1. The number of halogens is 1. The normalized spacial score (nSPS) is 15.0. The molecule has 22 heavy (non-hydrogen) atoms. The number of nitrogens with two attached hydrogens (primary N) is 1. The number of ether oxygens (including phenoxy) is 1. The number of amides is 1. The first kappa shape index (κ1) is 14.5. The second kappa shape index (κ2) is 5.77. The zero-order valence-corrected chi connectivity index (χ0v) is 12.2. The van der Waals surface area contributed by atoms with E-state index in [1.54, 1.807) is 19.2 Å². The summed E-state index contributed by atoms with van der Waals surface area (Å²) >= 11 is 0. The Morgan fingerprint density at radius 2 is 1.95 bits per heavy atom. The van der Waals surface area contributed by atoms with Crippen LogP contribution in [0.15, 0.2) is 36.4 Å². The van der Waals surface area contributed by atoms with Gasteiger partial charge in [0.25, 0.3) is 0 Å². The summed E-state index contributed by atoms with van der Waals surface area (Å²) in [6.45, 7) is 0. The van der Waals surface area contributed by atoms with Crippen LogP contribution in [0, 0.1) is 5.82 Å². The van der Waals surface area contributed by atoms with E-state index < -0.39 is 6.04 Å². The largest absolute Gasteiger partial charge is 0.497 e. The Kier molecular flexibility index (Phi) is 3.81. The number of aryl methyl sites for hydroxylation is 1. The Hall–Kier alpha value is -2.40. The van der Waals surface area contributed by atoms with Gasteiger partial charge in [0.1, 0.15) is 11.6 Å². The second-order valence-corrected chi connectivity index (χ2v) is 5.33. The summed E-state index contributed by atoms with van der Waals surface area (Å²) in [6.07, 6.45) is 0.898. The quantitative estimate of drug-likeness (QED) is 0.916. The molecule has 1 aliphatic rings. The Balaban J connectivity index is 2.02. The van der Waals surface area contributed by atoms with Crippen LogP contribution in [0.25, 0.3) is 0 Å². The smallest absolute Gasteiger partial charge is 0.224 e. The highest BCUT2D eigenvalue weighted by Crippen LogP contribution is 2.34. The van der Waals surface area contributed by atoms with E-state index in [0.717, 1.165) is 16.9 Å². The molecule has 0 fully saturated rings. The van der Waals surface area contributed by atoms with E-state index in [0.29, 0.717) is 24.1 Å². The zero-order chi connectivity index (χ0) is 15.7. The van der Waals surface area contributed by atoms with Gasteiger partial charge in [0, 0.05) is 17.7 Å². The molecule has 0 aliphatic carbocycles. The maximum atomic E-state index is 13.9. The molecule has 2 aromatic carbocycles. The molecular weight excluding hydrogens is 283 g/mol. The van der Waals surface area contributed by atoms with Crippen LogP contribution in [0.1, 0.15) is 29.2 Å². The van der Waals surface area contributed by atoms with Crippen LogP contribution in [-0.2, 0) is 11.2 Å². The lowest BCUT2D eigenvalue weighted by atomic mass is 9.92. The van der Waals surface area contributed by atoms with Crippen molar-refractivity contribution in [2.24, 2.45) is 5.73 Å². The van der Waals surface area contributed by atoms with Crippen molar-refractivity contribution in [2.45, 2.75) is 18.9 Å². The fraction of sp³-hybridized carbons (Fsp3) is 0.235. The maximum Gasteiger partial charge on any atom is 0.224 e. The molecule has 1 heterocycles. The highest BCUT2D eigenvalue weighted by molar-refractivity contribution is 5.95. The SMILES string of the molecule is COc1ccc(C(N)c2cc(F)cc3c2NC(=O)CC3)cc1. The van der Waals surface area contributed by atoms with Crippen LogP contribution in [0.4, 0.5) is 10.1 Å². The van der Waals surface area contributed by atoms with E-state index in [2.05, 4.69) is 5.32 Å². The molecule has 1 unspecified atom stereocenters. The molecule has 0 saturated heterocycles. The number of hydrogen-bond donors (Lipinski definition) is 2. The van der Waals surface area contributed by atoms with Crippen LogP contribution in [0.5, 0.6) is 5.75 Å². The van der Waals surface area contributed by atoms with Crippen LogP contribution >= 0.6 is 0 Å². The predicted molar refractivity (Wildman–Crippen MR) is 82.4 cm³/mol. The Morgan fingerprint density at radius 3 is 2.64 bits per heavy atom. The summed E-state index contributed by atoms with van der Waals surface area (Å²) in [5.41, 5.74) is 9.14. The van der Waals surface area contributed by atoms with Crippen LogP contribution in [0.2, 0.25) is 0 Å². The third-order valence-corrected chi connectivity index (χ3v) is 3.91. The first-order valence-corrected chi connectivity index (χ1v) is 7.10. The van der Waals surface area contributed by atoms with E-state index >= 15 is 0 Å². The fourth-order valence-electron chi connectivity index (χ4n) is 2.72. The summed E-state index contributed by atoms with van der Waals surface area (Å²) in [5.74, 6) is 0.321. The molecule has 0 radical (unpaired) electrons. The van der Waals surface area contributed by atoms with Crippen LogP contribution < -0.4 is 15.8 Å². The minimum atomic E-state index is -0.520. The predicted octanol–water partition coefficient (Wildman–Crippen LogP) is 2.77. The molecule has 1 atom stereocenters. The number of benzene rings is 2. The summed E-state index contributed by atoms with van der Waals surface area (Å²) in [6, 6.07) is 9.61. The molecule has 0 aromatic heterocycles. The molecule has 1 amide bonds. The van der Waals surface area contributed by atoms with Crippen molar-refractivity contribution in [3.8, 4) is 5.75 Å². The topological polar surface area (TPSA) is 64.3 Å². The van der Waals surface area contributed by atoms with Gasteiger partial charge in [-0.3, -0.25) is 4.79 Å². The monoisotopic (exact) mass is 300 g/mol. The van der Waals surface area contributed by atoms with Crippen molar-refractivity contribution < 1.29 is 13.9 Å². The van der Waals surface area contributed by atoms with Crippen LogP contribution in [0.3, 0.4) is 0 Å². The van der Waals surface area contributed by atoms with E-state index in [4.69, 9.17) is 10.5 Å². The van der Waals surface area contributed by atoms with Crippen molar-refractivity contribution in [3.63, 3.8) is 0 Å². The van der Waals surface area contributed by atoms with Crippen molar-refractivity contribution in [3.05, 3.63) is 58.9 Å². The molecule has 5 heteroatoms. The second-order valence-electron chi connectivity index (χ2n) is 5.33. The number of hydrogen-bond acceptors (Lipinski definition) is 3. The molecule has 0 spiro atoms. The van der Waals surface area contributed by atoms with Gasteiger partial charge in [-0.25, -0.2) is 4.39 Å². The van der Waals surface area contributed by atoms with Crippen LogP contribution in [-0.4, -0.2) is 13.0 Å². The van der Waals surface area contributed by atoms with Gasteiger partial charge in [0.15, 0.2) is 0 Å². The Bertz CT molecular complexity index is 713. The first-order valence-electron chi connectivity index (χ1n) is 7.10. The van der Waals surface area contributed by atoms with E-state index in [9.17, 15) is 9.18 Å². The Morgan fingerprint density at radius 1 is 1.23 bits per heavy atom. The number of rotatable bonds is 3. The molecule has 1 aliphatic heterocycles. The van der Waals surface area contributed by atoms with Gasteiger partial charge in [-0.05, 0) is 41.8 Å². The standard InChI is InChI=1S/C17H17FN2O2/c1-22-13-5-2-10(3-6-13)16(19)14-9-12(18)8-11-4-7-15(21)20-17(11)14/h2-3,5-6,8-9,16H,4,7,19H2,1H3,(H,20,21). The highest BCUT2D eigenvalue weighted by Gasteiger charge is 2.23. The molecule has 2 aromatic rings. The minimum Gasteiger partial charge on any atom is -0.497 e. The molecule has 0 bridgehead atoms. The number of carbonyl (C=O) groups excluding carboxylic acids is 1. The average Bonchev–Trinajstić information content (AvgIpc) is 2.54. The molecule has 3 rings (SSSR count). The van der Waals surface area contributed by atoms with E-state index in [1.165, 1.54) is 12.1 Å². The number of methoxy groups -OCH3 is 1. The summed E-state index contributed by atoms with van der Waals surface area (Å²) in [4.78, 5) is 11.6. The molecule has 4 nitrogen and oxygen atoms in total. The maximum absolute atomic E-state index is 13.9. The Labute approximate surface area is 128 Å². The fourth-order valence-corrected chi connectivity index (χ4v) is 2.72. The van der Waals surface area contributed by atoms with E-state index in [-0.39, 0.29) is 11.7 Å². The van der Waals surface area contributed by atoms with Gasteiger partial charge in [-0.1, -0.05) is 12.1 Å². The lowest BCUT2D eigenvalue weighted by Gasteiger charge is -2.24. The zero-order valence-electron chi connectivity index (χ0n) is 12.2. The van der Waals surface area contributed by atoms with Gasteiger partial charge in [0.05, 0.1) is 13.2 Å². The first-order chi connectivity index (χ1) is 10.6. The molecule has 0 saturated carbocycles. The summed E-state index contributed by atoms with van der Waals surface area (Å²) < 4.78 is 19.0. The lowest BCUT2D eigenvalue weighted by Crippen LogP contribution is -2.23. The van der Waals surface area contributed by atoms with Crippen molar-refractivity contribution in [2.75, 3.05) is 12.4 Å². The van der Waals surface area contributed by atoms with Crippen molar-refractivity contribution in [1.82, 2.24) is 0 Å². The third kappa shape index (κ3) is 2.67. The van der Waals surface area contributed by atoms with E-state index in [1.807, 2.05) is 12.1 Å². The number of fused-ring (bicyclic) bond motifs is 1. The number of nitrogens with one attached hydrogen (secondary N) is 1. The molecule has 3 N–H and O–H groups in total. The van der Waals surface area contributed by atoms with Gasteiger partial charge < -0.3 is 15.8 Å². The average molecular weight is 300 g/mol. The number of anilines is 1. The minimum absolute atomic E-state index is 0.0673. The van der Waals surface area contributed by atoms with Gasteiger partial charge in [-0.15, -0.1) is 0 Å². The lowest BCUT2D eigenvalue weighted by molar-refractivity contribution is -0.116. The molecule has 114 valence electrons. The van der Waals surface area contributed by atoms with Crippen molar-refractivity contribution >= 4 is 11.6 Å². The summed E-state index contributed by atoms with van der Waals surface area (Å²) in [7, 11) is 1.59. The molecular formula is C17H17FN2O2. The van der Waals surface area contributed by atoms with Gasteiger partial charge in [-0.2, -0.15) is 0 Å².